The van der Waals surface area contributed by atoms with Gasteiger partial charge in [-0.25, -0.2) is 0 Å². The minimum Gasteiger partial charge on any atom is -0.465 e. The van der Waals surface area contributed by atoms with Crippen LogP contribution in [0.2, 0.25) is 0 Å². The highest BCUT2D eigenvalue weighted by Crippen LogP contribution is 2.38. The van der Waals surface area contributed by atoms with Crippen LogP contribution in [0.4, 0.5) is 0 Å². The standard InChI is InChI=1S/C15H26O2/c1-2-3-4-12-5-7-13(8-6-12)14-9-10-15(16)17-11-14/h12-14H,2-11H2,1H3. The number of rotatable bonds is 4. The Hall–Kier alpha value is -0.530. The summed E-state index contributed by atoms with van der Waals surface area (Å²) in [5, 5.41) is 0. The van der Waals surface area contributed by atoms with Crippen LogP contribution in [0.5, 0.6) is 0 Å². The summed E-state index contributed by atoms with van der Waals surface area (Å²) in [6, 6.07) is 0. The van der Waals surface area contributed by atoms with Gasteiger partial charge in [0.25, 0.3) is 0 Å². The molecule has 1 heterocycles. The van der Waals surface area contributed by atoms with E-state index < -0.39 is 0 Å². The van der Waals surface area contributed by atoms with Crippen molar-refractivity contribution in [3.63, 3.8) is 0 Å². The smallest absolute Gasteiger partial charge is 0.305 e. The lowest BCUT2D eigenvalue weighted by Crippen LogP contribution is -2.30. The van der Waals surface area contributed by atoms with Gasteiger partial charge in [-0.3, -0.25) is 4.79 Å². The van der Waals surface area contributed by atoms with Crippen LogP contribution >= 0.6 is 0 Å². The average molecular weight is 238 g/mol. The van der Waals surface area contributed by atoms with Crippen LogP contribution in [-0.4, -0.2) is 12.6 Å². The third-order valence-electron chi connectivity index (χ3n) is 4.70. The fourth-order valence-corrected chi connectivity index (χ4v) is 3.47. The number of carbonyl (C=O) groups excluding carboxylic acids is 1. The van der Waals surface area contributed by atoms with Gasteiger partial charge in [-0.05, 0) is 37.0 Å². The molecule has 2 heteroatoms. The van der Waals surface area contributed by atoms with Gasteiger partial charge in [-0.1, -0.05) is 39.0 Å². The van der Waals surface area contributed by atoms with E-state index >= 15 is 0 Å². The van der Waals surface area contributed by atoms with Crippen LogP contribution in [0.3, 0.4) is 0 Å². The molecule has 2 fully saturated rings. The SMILES string of the molecule is CCCCC1CCC(C2CCC(=O)OC2)CC1. The molecule has 2 aliphatic rings. The van der Waals surface area contributed by atoms with Gasteiger partial charge in [0.15, 0.2) is 0 Å². The molecule has 2 rings (SSSR count). The molecular formula is C15H26O2. The third-order valence-corrected chi connectivity index (χ3v) is 4.70. The Bertz CT molecular complexity index is 231. The van der Waals surface area contributed by atoms with Crippen LogP contribution in [-0.2, 0) is 9.53 Å². The fourth-order valence-electron chi connectivity index (χ4n) is 3.47. The predicted octanol–water partition coefficient (Wildman–Crippen LogP) is 3.94. The second-order valence-corrected chi connectivity index (χ2v) is 5.90. The van der Waals surface area contributed by atoms with Gasteiger partial charge in [0.2, 0.25) is 0 Å². The molecule has 0 amide bonds. The lowest BCUT2D eigenvalue weighted by atomic mass is 9.73. The van der Waals surface area contributed by atoms with Gasteiger partial charge >= 0.3 is 5.97 Å². The summed E-state index contributed by atoms with van der Waals surface area (Å²) in [5.74, 6) is 2.50. The summed E-state index contributed by atoms with van der Waals surface area (Å²) in [7, 11) is 0. The van der Waals surface area contributed by atoms with E-state index in [2.05, 4.69) is 6.92 Å². The summed E-state index contributed by atoms with van der Waals surface area (Å²) in [5.41, 5.74) is 0. The monoisotopic (exact) mass is 238 g/mol. The van der Waals surface area contributed by atoms with Crippen molar-refractivity contribution in [2.45, 2.75) is 64.7 Å². The van der Waals surface area contributed by atoms with Crippen LogP contribution in [0.1, 0.15) is 64.7 Å². The Morgan fingerprint density at radius 1 is 1.12 bits per heavy atom. The molecule has 1 unspecified atom stereocenters. The van der Waals surface area contributed by atoms with Crippen LogP contribution in [0.25, 0.3) is 0 Å². The van der Waals surface area contributed by atoms with Crippen molar-refractivity contribution in [3.05, 3.63) is 0 Å². The van der Waals surface area contributed by atoms with E-state index in [9.17, 15) is 4.79 Å². The molecule has 1 aliphatic carbocycles. The minimum absolute atomic E-state index is 0.0119. The maximum Gasteiger partial charge on any atom is 0.305 e. The first-order chi connectivity index (χ1) is 8.29. The Labute approximate surface area is 105 Å². The highest BCUT2D eigenvalue weighted by Gasteiger charge is 2.30. The van der Waals surface area contributed by atoms with Crippen molar-refractivity contribution in [1.29, 1.82) is 0 Å². The fraction of sp³-hybridized carbons (Fsp3) is 0.933. The maximum atomic E-state index is 11.0. The number of esters is 1. The number of hydrogen-bond acceptors (Lipinski definition) is 2. The predicted molar refractivity (Wildman–Crippen MR) is 68.7 cm³/mol. The Morgan fingerprint density at radius 2 is 1.88 bits per heavy atom. The molecule has 98 valence electrons. The molecule has 0 N–H and O–H groups in total. The second kappa shape index (κ2) is 6.42. The van der Waals surface area contributed by atoms with E-state index in [1.54, 1.807) is 0 Å². The zero-order chi connectivity index (χ0) is 12.1. The van der Waals surface area contributed by atoms with Crippen LogP contribution in [0.15, 0.2) is 0 Å². The zero-order valence-electron chi connectivity index (χ0n) is 11.1. The van der Waals surface area contributed by atoms with E-state index in [1.807, 2.05) is 0 Å². The van der Waals surface area contributed by atoms with Gasteiger partial charge in [-0.2, -0.15) is 0 Å². The molecule has 1 atom stereocenters. The van der Waals surface area contributed by atoms with Crippen molar-refractivity contribution in [1.82, 2.24) is 0 Å². The molecule has 0 aromatic rings. The van der Waals surface area contributed by atoms with Crippen molar-refractivity contribution < 1.29 is 9.53 Å². The summed E-state index contributed by atoms with van der Waals surface area (Å²) >= 11 is 0. The topological polar surface area (TPSA) is 26.3 Å². The normalized spacial score (nSPS) is 34.4. The number of ether oxygens (including phenoxy) is 1. The first-order valence-electron chi connectivity index (χ1n) is 7.45. The highest BCUT2D eigenvalue weighted by atomic mass is 16.5. The summed E-state index contributed by atoms with van der Waals surface area (Å²) in [6.45, 7) is 2.98. The van der Waals surface area contributed by atoms with Crippen molar-refractivity contribution >= 4 is 5.97 Å². The van der Waals surface area contributed by atoms with Gasteiger partial charge in [0.05, 0.1) is 6.61 Å². The second-order valence-electron chi connectivity index (χ2n) is 5.90. The minimum atomic E-state index is 0.0119. The van der Waals surface area contributed by atoms with Crippen molar-refractivity contribution in [2.24, 2.45) is 17.8 Å². The number of unbranched alkanes of at least 4 members (excludes halogenated alkanes) is 1. The quantitative estimate of drug-likeness (QED) is 0.693. The first kappa shape index (κ1) is 12.9. The zero-order valence-corrected chi connectivity index (χ0v) is 11.1. The van der Waals surface area contributed by atoms with E-state index in [1.165, 1.54) is 44.9 Å². The van der Waals surface area contributed by atoms with E-state index in [0.29, 0.717) is 18.9 Å². The van der Waals surface area contributed by atoms with Crippen LogP contribution < -0.4 is 0 Å². The van der Waals surface area contributed by atoms with Gasteiger partial charge in [0.1, 0.15) is 0 Å². The third kappa shape index (κ3) is 3.72. The number of cyclic esters (lactones) is 1. The van der Waals surface area contributed by atoms with E-state index in [4.69, 9.17) is 4.74 Å². The largest absolute Gasteiger partial charge is 0.465 e. The summed E-state index contributed by atoms with van der Waals surface area (Å²) in [6.07, 6.45) is 11.5. The lowest BCUT2D eigenvalue weighted by molar-refractivity contribution is -0.151. The maximum absolute atomic E-state index is 11.0. The van der Waals surface area contributed by atoms with Crippen LogP contribution in [0, 0.1) is 17.8 Å². The molecule has 0 spiro atoms. The van der Waals surface area contributed by atoms with E-state index in [-0.39, 0.29) is 5.97 Å². The highest BCUT2D eigenvalue weighted by molar-refractivity contribution is 5.69. The molecule has 0 aromatic carbocycles. The molecule has 1 saturated carbocycles. The molecule has 0 bridgehead atoms. The van der Waals surface area contributed by atoms with Gasteiger partial charge in [-0.15, -0.1) is 0 Å². The molecule has 1 aliphatic heterocycles. The molecule has 0 aromatic heterocycles. The number of carbonyl (C=O) groups is 1. The summed E-state index contributed by atoms with van der Waals surface area (Å²) < 4.78 is 5.20. The Morgan fingerprint density at radius 3 is 2.47 bits per heavy atom. The molecule has 0 radical (unpaired) electrons. The number of hydrogen-bond donors (Lipinski definition) is 0. The average Bonchev–Trinajstić information content (AvgIpc) is 2.38. The van der Waals surface area contributed by atoms with Crippen molar-refractivity contribution in [3.8, 4) is 0 Å². The van der Waals surface area contributed by atoms with E-state index in [0.717, 1.165) is 18.3 Å². The van der Waals surface area contributed by atoms with Gasteiger partial charge in [0, 0.05) is 6.42 Å². The van der Waals surface area contributed by atoms with Crippen molar-refractivity contribution in [2.75, 3.05) is 6.61 Å². The lowest BCUT2D eigenvalue weighted by Gasteiger charge is -2.35. The molecule has 2 nitrogen and oxygen atoms in total. The molecule has 17 heavy (non-hydrogen) atoms. The Kier molecular flexibility index (Phi) is 4.87. The molecule has 1 saturated heterocycles. The Balaban J connectivity index is 1.69. The molecular weight excluding hydrogens is 212 g/mol. The van der Waals surface area contributed by atoms with Gasteiger partial charge < -0.3 is 4.74 Å². The first-order valence-corrected chi connectivity index (χ1v) is 7.45. The summed E-state index contributed by atoms with van der Waals surface area (Å²) in [4.78, 5) is 11.0.